The molecule has 1 aliphatic rings. The monoisotopic (exact) mass is 431 g/mol. The molecule has 2 aromatic carbocycles. The fourth-order valence-electron chi connectivity index (χ4n) is 3.48. The van der Waals surface area contributed by atoms with Crippen molar-refractivity contribution >= 4 is 11.9 Å². The van der Waals surface area contributed by atoms with Gasteiger partial charge in [-0.25, -0.2) is 8.70 Å². The highest BCUT2D eigenvalue weighted by Gasteiger charge is 2.32. The van der Waals surface area contributed by atoms with E-state index < -0.39 is 23.8 Å². The maximum Gasteiger partial charge on any atom is 0.416 e. The van der Waals surface area contributed by atoms with Crippen molar-refractivity contribution in [2.45, 2.75) is 42.7 Å². The molecule has 0 heterocycles. The van der Waals surface area contributed by atoms with E-state index in [9.17, 15) is 17.6 Å². The third kappa shape index (κ3) is 5.42. The van der Waals surface area contributed by atoms with Gasteiger partial charge in [-0.2, -0.15) is 13.2 Å². The first-order valence-corrected chi connectivity index (χ1v) is 9.82. The molecule has 0 radical (unpaired) electrons. The summed E-state index contributed by atoms with van der Waals surface area (Å²) in [5.74, 6) is -0.373. The molecule has 0 spiro atoms. The highest BCUT2D eigenvalue weighted by atomic mass is 32.2. The Labute approximate surface area is 170 Å². The van der Waals surface area contributed by atoms with Gasteiger partial charge in [0.1, 0.15) is 18.2 Å². The van der Waals surface area contributed by atoms with Crippen molar-refractivity contribution in [1.82, 2.24) is 4.31 Å². The molecule has 0 fully saturated rings. The summed E-state index contributed by atoms with van der Waals surface area (Å²) in [7, 11) is 1.76. The van der Waals surface area contributed by atoms with Crippen molar-refractivity contribution in [2.24, 2.45) is 0 Å². The van der Waals surface area contributed by atoms with Gasteiger partial charge < -0.3 is 14.9 Å². The molecular weight excluding hydrogens is 410 g/mol. The minimum Gasteiger partial charge on any atom is -0.488 e. The van der Waals surface area contributed by atoms with E-state index in [1.165, 1.54) is 0 Å². The van der Waals surface area contributed by atoms with E-state index in [2.05, 4.69) is 0 Å². The molecule has 9 heteroatoms. The highest BCUT2D eigenvalue weighted by molar-refractivity contribution is 7.97. The number of rotatable bonds is 6. The van der Waals surface area contributed by atoms with Gasteiger partial charge in [-0.15, -0.1) is 0 Å². The summed E-state index contributed by atoms with van der Waals surface area (Å²) in [4.78, 5) is 0.169. The van der Waals surface area contributed by atoms with Gasteiger partial charge in [-0.1, -0.05) is 12.1 Å². The number of alkyl halides is 3. The van der Waals surface area contributed by atoms with Gasteiger partial charge in [0.05, 0.1) is 5.56 Å². The summed E-state index contributed by atoms with van der Waals surface area (Å²) < 4.78 is 59.9. The number of hydrogen-bond acceptors (Lipinski definition) is 5. The Morgan fingerprint density at radius 1 is 1.24 bits per heavy atom. The van der Waals surface area contributed by atoms with E-state index in [-0.39, 0.29) is 17.5 Å². The molecule has 4 nitrogen and oxygen atoms in total. The van der Waals surface area contributed by atoms with Crippen molar-refractivity contribution in [2.75, 3.05) is 13.7 Å². The van der Waals surface area contributed by atoms with Crippen molar-refractivity contribution in [3.05, 3.63) is 58.9 Å². The smallest absolute Gasteiger partial charge is 0.416 e. The lowest BCUT2D eigenvalue weighted by atomic mass is 9.87. The lowest BCUT2D eigenvalue weighted by Crippen LogP contribution is -2.24. The van der Waals surface area contributed by atoms with Crippen molar-refractivity contribution < 1.29 is 32.5 Å². The quantitative estimate of drug-likeness (QED) is 0.399. The van der Waals surface area contributed by atoms with Gasteiger partial charge in [0, 0.05) is 10.9 Å². The number of fused-ring (bicyclic) bond motifs is 1. The van der Waals surface area contributed by atoms with Crippen LogP contribution in [-0.2, 0) is 12.6 Å². The number of halogens is 4. The zero-order valence-corrected chi connectivity index (χ0v) is 16.4. The maximum absolute atomic E-state index is 13.7. The van der Waals surface area contributed by atoms with Gasteiger partial charge >= 0.3 is 6.18 Å². The average molecular weight is 431 g/mol. The second kappa shape index (κ2) is 8.91. The predicted octanol–water partition coefficient (Wildman–Crippen LogP) is 4.55. The first-order valence-electron chi connectivity index (χ1n) is 9.04. The fourth-order valence-corrected chi connectivity index (χ4v) is 4.50. The van der Waals surface area contributed by atoms with E-state index in [1.807, 2.05) is 10.4 Å². The zero-order valence-electron chi connectivity index (χ0n) is 15.6. The molecule has 29 heavy (non-hydrogen) atoms. The summed E-state index contributed by atoms with van der Waals surface area (Å²) in [5, 5.41) is 18.1. The van der Waals surface area contributed by atoms with Crippen LogP contribution in [-0.4, -0.2) is 34.5 Å². The Balaban J connectivity index is 1.83. The topological polar surface area (TPSA) is 52.9 Å². The Bertz CT molecular complexity index is 860. The van der Waals surface area contributed by atoms with E-state index in [4.69, 9.17) is 14.9 Å². The van der Waals surface area contributed by atoms with Crippen LogP contribution in [0.25, 0.3) is 0 Å². The molecule has 0 aliphatic heterocycles. The van der Waals surface area contributed by atoms with E-state index in [1.54, 1.807) is 19.2 Å². The molecule has 2 N–H and O–H groups in total. The molecule has 0 amide bonds. The maximum atomic E-state index is 13.7. The fraction of sp³-hybridized carbons (Fsp3) is 0.400. The molecular formula is C20H21F4NO3S. The largest absolute Gasteiger partial charge is 0.488 e. The number of hydrogen-bond donors (Lipinski definition) is 2. The number of nitrogens with zero attached hydrogens (tertiary/aromatic N) is 1. The molecule has 1 atom stereocenters. The zero-order chi connectivity index (χ0) is 21.2. The lowest BCUT2D eigenvalue weighted by molar-refractivity contribution is -0.137. The molecule has 0 bridgehead atoms. The first-order chi connectivity index (χ1) is 13.6. The Morgan fingerprint density at radius 2 is 2.00 bits per heavy atom. The summed E-state index contributed by atoms with van der Waals surface area (Å²) >= 11 is 1.05. The molecule has 0 saturated carbocycles. The summed E-state index contributed by atoms with van der Waals surface area (Å²) in [6.45, 7) is -0.255. The van der Waals surface area contributed by atoms with E-state index in [0.717, 1.165) is 54.5 Å². The van der Waals surface area contributed by atoms with Crippen LogP contribution in [0.15, 0.2) is 41.3 Å². The minimum atomic E-state index is -4.61. The second-order valence-electron chi connectivity index (χ2n) is 6.83. The van der Waals surface area contributed by atoms with Crippen molar-refractivity contribution in [1.29, 1.82) is 0 Å². The van der Waals surface area contributed by atoms with Crippen LogP contribution >= 0.6 is 11.9 Å². The molecule has 158 valence electrons. The summed E-state index contributed by atoms with van der Waals surface area (Å²) in [6.07, 6.45) is -3.83. The number of aliphatic hydroxyl groups is 2. The SMILES string of the molecule is CN(Sc1cc(F)cc(C(F)(F)F)c1)C1CCCc2c(OCC(O)O)cccc21. The van der Waals surface area contributed by atoms with E-state index in [0.29, 0.717) is 11.8 Å². The molecule has 0 aromatic heterocycles. The minimum absolute atomic E-state index is 0.107. The number of aliphatic hydroxyl groups excluding tert-OH is 1. The van der Waals surface area contributed by atoms with Gasteiger partial charge in [0.2, 0.25) is 0 Å². The standard InChI is InChI=1S/C20H21F4NO3S/c1-25(29-14-9-12(20(22,23)24)8-13(21)10-14)17-6-2-5-16-15(17)4-3-7-18(16)28-11-19(26)27/h3-4,7-10,17,19,26-27H,2,5-6,11H2,1H3. The van der Waals surface area contributed by atoms with Crippen LogP contribution in [0.4, 0.5) is 17.6 Å². The third-order valence-electron chi connectivity index (χ3n) is 4.71. The molecule has 3 rings (SSSR count). The van der Waals surface area contributed by atoms with Crippen LogP contribution in [0, 0.1) is 5.82 Å². The summed E-state index contributed by atoms with van der Waals surface area (Å²) in [5.41, 5.74) is 0.881. The normalized spacial score (nSPS) is 16.9. The van der Waals surface area contributed by atoms with Crippen molar-refractivity contribution in [3.63, 3.8) is 0 Å². The summed E-state index contributed by atoms with van der Waals surface area (Å²) in [6, 6.07) is 7.87. The second-order valence-corrected chi connectivity index (χ2v) is 8.06. The van der Waals surface area contributed by atoms with Crippen LogP contribution in [0.2, 0.25) is 0 Å². The van der Waals surface area contributed by atoms with Gasteiger partial charge in [0.25, 0.3) is 0 Å². The Kier molecular flexibility index (Phi) is 6.72. The van der Waals surface area contributed by atoms with Gasteiger partial charge in [-0.3, -0.25) is 0 Å². The number of ether oxygens (including phenoxy) is 1. The first kappa shape index (κ1) is 21.9. The predicted molar refractivity (Wildman–Crippen MR) is 101 cm³/mol. The Morgan fingerprint density at radius 3 is 2.69 bits per heavy atom. The van der Waals surface area contributed by atoms with Gasteiger partial charge in [-0.05, 0) is 73.7 Å². The third-order valence-corrected chi connectivity index (χ3v) is 5.70. The van der Waals surface area contributed by atoms with Crippen LogP contribution in [0.5, 0.6) is 5.75 Å². The van der Waals surface area contributed by atoms with Crippen LogP contribution in [0.1, 0.15) is 35.6 Å². The molecule has 1 aliphatic carbocycles. The lowest BCUT2D eigenvalue weighted by Gasteiger charge is -2.33. The Hall–Kier alpha value is -1.81. The average Bonchev–Trinajstić information content (AvgIpc) is 2.64. The molecule has 2 aromatic rings. The molecule has 1 unspecified atom stereocenters. The molecule has 0 saturated heterocycles. The van der Waals surface area contributed by atoms with E-state index >= 15 is 0 Å². The van der Waals surface area contributed by atoms with Crippen LogP contribution < -0.4 is 4.74 Å². The highest BCUT2D eigenvalue weighted by Crippen LogP contribution is 2.42. The van der Waals surface area contributed by atoms with Crippen LogP contribution in [0.3, 0.4) is 0 Å². The van der Waals surface area contributed by atoms with Gasteiger partial charge in [0.15, 0.2) is 6.29 Å². The number of benzene rings is 2. The van der Waals surface area contributed by atoms with Crippen molar-refractivity contribution in [3.8, 4) is 5.75 Å².